The second-order valence-electron chi connectivity index (χ2n) is 8.59. The van der Waals surface area contributed by atoms with E-state index in [1.54, 1.807) is 12.4 Å². The van der Waals surface area contributed by atoms with Gasteiger partial charge in [0.1, 0.15) is 24.2 Å². The number of carbonyl (C=O) groups is 1. The van der Waals surface area contributed by atoms with Crippen LogP contribution >= 0.6 is 0 Å². The first kappa shape index (κ1) is 20.8. The van der Waals surface area contributed by atoms with Crippen LogP contribution in [0.4, 0.5) is 5.69 Å². The first-order valence-corrected chi connectivity index (χ1v) is 11.2. The van der Waals surface area contributed by atoms with Gasteiger partial charge in [-0.1, -0.05) is 18.2 Å². The molecule has 2 N–H and O–H groups in total. The fourth-order valence-electron chi connectivity index (χ4n) is 4.59. The average Bonchev–Trinajstić information content (AvgIpc) is 3.23. The molecule has 1 aromatic carbocycles. The number of β-amino-alcohol motifs (C(OH)–C–C–N with tert-alkyl or cyclic N) is 1. The van der Waals surface area contributed by atoms with Gasteiger partial charge in [-0.05, 0) is 18.6 Å². The molecule has 0 saturated carbocycles. The third-order valence-corrected chi connectivity index (χ3v) is 6.31. The van der Waals surface area contributed by atoms with Crippen molar-refractivity contribution in [3.05, 3.63) is 65.1 Å². The van der Waals surface area contributed by atoms with E-state index in [4.69, 9.17) is 4.74 Å². The number of aliphatic hydroxyl groups excluding tert-OH is 1. The highest BCUT2D eigenvalue weighted by Crippen LogP contribution is 2.31. The number of Topliss-reactive ketones (excluding diaryl/α,β-unsaturated/α-hetero) is 1. The number of nitrogens with one attached hydrogen (secondary N) is 1. The quantitative estimate of drug-likeness (QED) is 0.698. The van der Waals surface area contributed by atoms with Crippen LogP contribution in [0.3, 0.4) is 0 Å². The Labute approximate surface area is 188 Å². The Hall–Kier alpha value is -3.10. The summed E-state index contributed by atoms with van der Waals surface area (Å²) < 4.78 is 5.92. The van der Waals surface area contributed by atoms with Crippen LogP contribution in [0, 0.1) is 6.92 Å². The van der Waals surface area contributed by atoms with Gasteiger partial charge < -0.3 is 25.0 Å². The van der Waals surface area contributed by atoms with Crippen LogP contribution in [-0.2, 0) is 9.53 Å². The molecule has 8 nitrogen and oxygen atoms in total. The first-order valence-electron chi connectivity index (χ1n) is 11.2. The molecule has 0 amide bonds. The summed E-state index contributed by atoms with van der Waals surface area (Å²) in [6, 6.07) is 8.48. The standard InChI is InChI=1S/C24H29N5O3/c1-17-4-2-3-5-21(17)28-10-8-27(9-11-28)14-19(30)16-32-20-12-18-13-26-23-22(31)6-7-25-24(23)29(18)15-20/h2-5,7,12-13,19,26,30H,6,8-11,14-16H2,1H3. The summed E-state index contributed by atoms with van der Waals surface area (Å²) in [7, 11) is 0. The normalized spacial score (nSPS) is 21.6. The van der Waals surface area contributed by atoms with Gasteiger partial charge in [0.15, 0.2) is 11.6 Å². The minimum atomic E-state index is -0.560. The van der Waals surface area contributed by atoms with E-state index in [-0.39, 0.29) is 12.4 Å². The number of aliphatic imine (C=N–C) groups is 1. The molecule has 32 heavy (non-hydrogen) atoms. The molecule has 0 aromatic heterocycles. The molecule has 1 fully saturated rings. The topological polar surface area (TPSA) is 80.6 Å². The average molecular weight is 436 g/mol. The fourth-order valence-corrected chi connectivity index (χ4v) is 4.59. The number of carbonyl (C=O) groups excluding carboxylic acids is 1. The number of hydrogen-bond donors (Lipinski definition) is 2. The first-order chi connectivity index (χ1) is 15.6. The third kappa shape index (κ3) is 4.16. The zero-order chi connectivity index (χ0) is 22.1. The lowest BCUT2D eigenvalue weighted by atomic mass is 10.1. The van der Waals surface area contributed by atoms with Crippen LogP contribution in [0.2, 0.25) is 0 Å². The largest absolute Gasteiger partial charge is 0.493 e. The van der Waals surface area contributed by atoms with Crippen molar-refractivity contribution in [2.24, 2.45) is 4.99 Å². The Morgan fingerprint density at radius 1 is 1.22 bits per heavy atom. The van der Waals surface area contributed by atoms with Gasteiger partial charge in [-0.2, -0.15) is 0 Å². The molecular formula is C24H29N5O3. The Morgan fingerprint density at radius 2 is 2.03 bits per heavy atom. The lowest BCUT2D eigenvalue weighted by Crippen LogP contribution is -2.49. The molecule has 5 rings (SSSR count). The van der Waals surface area contributed by atoms with Crippen molar-refractivity contribution in [2.45, 2.75) is 19.4 Å². The second-order valence-corrected chi connectivity index (χ2v) is 8.59. The molecule has 4 heterocycles. The highest BCUT2D eigenvalue weighted by Gasteiger charge is 2.32. The Balaban J connectivity index is 1.09. The van der Waals surface area contributed by atoms with E-state index < -0.39 is 6.10 Å². The molecule has 4 aliphatic heterocycles. The van der Waals surface area contributed by atoms with Crippen molar-refractivity contribution >= 4 is 17.7 Å². The number of aryl methyl sites for hydroxylation is 1. The molecule has 0 spiro atoms. The van der Waals surface area contributed by atoms with Gasteiger partial charge >= 0.3 is 0 Å². The van der Waals surface area contributed by atoms with Crippen LogP contribution < -0.4 is 10.2 Å². The van der Waals surface area contributed by atoms with Crippen molar-refractivity contribution in [1.82, 2.24) is 15.1 Å². The lowest BCUT2D eigenvalue weighted by Gasteiger charge is -2.37. The summed E-state index contributed by atoms with van der Waals surface area (Å²) in [5, 5.41) is 13.6. The minimum absolute atomic E-state index is 0.0395. The number of nitrogens with zero attached hydrogens (tertiary/aromatic N) is 4. The highest BCUT2D eigenvalue weighted by molar-refractivity contribution is 6.05. The number of benzene rings is 1. The van der Waals surface area contributed by atoms with Gasteiger partial charge in [0.2, 0.25) is 0 Å². The number of aliphatic hydroxyl groups is 1. The predicted octanol–water partition coefficient (Wildman–Crippen LogP) is 1.35. The molecular weight excluding hydrogens is 406 g/mol. The van der Waals surface area contributed by atoms with Crippen LogP contribution in [0.15, 0.2) is 64.5 Å². The van der Waals surface area contributed by atoms with Gasteiger partial charge in [-0.3, -0.25) is 9.69 Å². The second kappa shape index (κ2) is 8.80. The maximum atomic E-state index is 12.1. The summed E-state index contributed by atoms with van der Waals surface area (Å²) in [5.41, 5.74) is 4.04. The number of fused-ring (bicyclic) bond motifs is 2. The van der Waals surface area contributed by atoms with Gasteiger partial charge in [-0.25, -0.2) is 4.99 Å². The molecule has 0 aliphatic carbocycles. The van der Waals surface area contributed by atoms with Crippen molar-refractivity contribution in [2.75, 3.05) is 50.8 Å². The number of allylic oxidation sites excluding steroid dienone is 2. The van der Waals surface area contributed by atoms with E-state index in [2.05, 4.69) is 51.3 Å². The minimum Gasteiger partial charge on any atom is -0.493 e. The maximum Gasteiger partial charge on any atom is 0.188 e. The van der Waals surface area contributed by atoms with Crippen LogP contribution in [0.25, 0.3) is 0 Å². The van der Waals surface area contributed by atoms with Crippen LogP contribution in [0.1, 0.15) is 12.0 Å². The SMILES string of the molecule is Cc1ccccc1N1CCN(CC(O)COC2=CC3=CNC4=C(N=CCC4=O)N3C2)CC1. The molecule has 1 saturated heterocycles. The number of para-hydroxylation sites is 1. The number of ether oxygens (including phenoxy) is 1. The molecule has 0 radical (unpaired) electrons. The molecule has 0 bridgehead atoms. The monoisotopic (exact) mass is 435 g/mol. The molecule has 1 aromatic rings. The van der Waals surface area contributed by atoms with Crippen molar-refractivity contribution < 1.29 is 14.6 Å². The molecule has 8 heteroatoms. The summed E-state index contributed by atoms with van der Waals surface area (Å²) in [5.74, 6) is 1.45. The summed E-state index contributed by atoms with van der Waals surface area (Å²) >= 11 is 0. The molecule has 1 atom stereocenters. The van der Waals surface area contributed by atoms with E-state index >= 15 is 0 Å². The fraction of sp³-hybridized carbons (Fsp3) is 0.417. The number of hydrogen-bond acceptors (Lipinski definition) is 8. The number of rotatable bonds is 6. The van der Waals surface area contributed by atoms with E-state index in [9.17, 15) is 9.90 Å². The number of ketones is 1. The van der Waals surface area contributed by atoms with Crippen LogP contribution in [-0.4, -0.2) is 78.9 Å². The van der Waals surface area contributed by atoms with Gasteiger partial charge in [0, 0.05) is 63.3 Å². The van der Waals surface area contributed by atoms with E-state index in [1.807, 2.05) is 11.0 Å². The maximum absolute atomic E-state index is 12.1. The van der Waals surface area contributed by atoms with E-state index in [0.717, 1.165) is 37.6 Å². The summed E-state index contributed by atoms with van der Waals surface area (Å²) in [4.78, 5) is 23.1. The Kier molecular flexibility index (Phi) is 5.71. The van der Waals surface area contributed by atoms with Crippen molar-refractivity contribution in [1.29, 1.82) is 0 Å². The van der Waals surface area contributed by atoms with Crippen molar-refractivity contribution in [3.63, 3.8) is 0 Å². The predicted molar refractivity (Wildman–Crippen MR) is 123 cm³/mol. The summed E-state index contributed by atoms with van der Waals surface area (Å²) in [6.45, 7) is 7.25. The lowest BCUT2D eigenvalue weighted by molar-refractivity contribution is -0.115. The number of anilines is 1. The Bertz CT molecular complexity index is 1020. The molecule has 168 valence electrons. The Morgan fingerprint density at radius 3 is 2.84 bits per heavy atom. The zero-order valence-corrected chi connectivity index (χ0v) is 18.3. The van der Waals surface area contributed by atoms with Gasteiger partial charge in [-0.15, -0.1) is 0 Å². The van der Waals surface area contributed by atoms with Gasteiger partial charge in [0.25, 0.3) is 0 Å². The van der Waals surface area contributed by atoms with Crippen molar-refractivity contribution in [3.8, 4) is 0 Å². The highest BCUT2D eigenvalue weighted by atomic mass is 16.5. The van der Waals surface area contributed by atoms with E-state index in [1.165, 1.54) is 11.3 Å². The zero-order valence-electron chi connectivity index (χ0n) is 18.3. The molecule has 1 unspecified atom stereocenters. The smallest absolute Gasteiger partial charge is 0.188 e. The third-order valence-electron chi connectivity index (χ3n) is 6.31. The van der Waals surface area contributed by atoms with Gasteiger partial charge in [0.05, 0.1) is 12.2 Å². The van der Waals surface area contributed by atoms with Crippen LogP contribution in [0.5, 0.6) is 0 Å². The molecule has 4 aliphatic rings. The summed E-state index contributed by atoms with van der Waals surface area (Å²) in [6.07, 6.45) is 5.14. The number of piperazine rings is 1. The van der Waals surface area contributed by atoms with E-state index in [0.29, 0.717) is 31.0 Å².